The van der Waals surface area contributed by atoms with Gasteiger partial charge in [0.05, 0.1) is 19.6 Å². The fourth-order valence-corrected chi connectivity index (χ4v) is 6.15. The molecule has 0 bridgehead atoms. The second kappa shape index (κ2) is 12.2. The number of aliphatic hydroxyl groups is 2. The molecule has 1 fully saturated rings. The van der Waals surface area contributed by atoms with Gasteiger partial charge in [0.25, 0.3) is 0 Å². The Hall–Kier alpha value is -3.81. The van der Waals surface area contributed by atoms with Gasteiger partial charge in [0.15, 0.2) is 12.0 Å². The summed E-state index contributed by atoms with van der Waals surface area (Å²) in [4.78, 5) is 40.3. The molecule has 0 saturated carbocycles. The van der Waals surface area contributed by atoms with Crippen LogP contribution in [-0.4, -0.2) is 75.7 Å². The largest absolute Gasteiger partial charge is 0.465 e. The molecule has 0 radical (unpaired) electrons. The average molecular weight is 604 g/mol. The Morgan fingerprint density at radius 3 is 2.67 bits per heavy atom. The van der Waals surface area contributed by atoms with E-state index in [2.05, 4.69) is 15.1 Å². The number of carbonyl (C=O) groups excluding carboxylic acids is 3. The maximum atomic E-state index is 14.3. The van der Waals surface area contributed by atoms with E-state index in [-0.39, 0.29) is 12.4 Å². The number of ether oxygens (including phenoxy) is 2. The van der Waals surface area contributed by atoms with E-state index in [4.69, 9.17) is 18.5 Å². The molecule has 15 nitrogen and oxygen atoms in total. The molecule has 1 unspecified atom stereocenters. The fraction of sp³-hybridized carbons (Fsp3) is 0.423. The fourth-order valence-electron chi connectivity index (χ4n) is 4.44. The van der Waals surface area contributed by atoms with Crippen molar-refractivity contribution in [3.8, 4) is 5.75 Å². The Kier molecular flexibility index (Phi) is 9.04. The standard InChI is InChI=1S/C26H30N5O10P/c1-4-38-24(36)25(2,3)29-42(37,41-19-11-7-9-16-8-5-6-10-18(16)19)39-15-26(28-30-27)22(35)21(34)23(40-26)31-13-12-17(32)14-20(31)33/h5-13,21-23,34-35H,4,14-15H2,1-3H3,(H,29,37)/t21-,22+,23-,26-,42?/m1/s1. The lowest BCUT2D eigenvalue weighted by molar-refractivity contribution is -0.159. The van der Waals surface area contributed by atoms with Gasteiger partial charge in [-0.15, -0.1) is 0 Å². The molecule has 5 atom stereocenters. The third-order valence-corrected chi connectivity index (χ3v) is 8.28. The van der Waals surface area contributed by atoms with E-state index in [1.807, 2.05) is 0 Å². The van der Waals surface area contributed by atoms with Crippen molar-refractivity contribution in [3.63, 3.8) is 0 Å². The Morgan fingerprint density at radius 2 is 1.98 bits per heavy atom. The third kappa shape index (κ3) is 6.32. The number of esters is 1. The zero-order valence-corrected chi connectivity index (χ0v) is 23.8. The van der Waals surface area contributed by atoms with E-state index in [1.54, 1.807) is 43.3 Å². The molecule has 2 aliphatic rings. The summed E-state index contributed by atoms with van der Waals surface area (Å²) in [6, 6.07) is 12.0. The molecule has 2 aromatic rings. The van der Waals surface area contributed by atoms with Crippen molar-refractivity contribution in [3.05, 3.63) is 65.2 Å². The Morgan fingerprint density at radius 1 is 1.26 bits per heavy atom. The molecule has 42 heavy (non-hydrogen) atoms. The van der Waals surface area contributed by atoms with Crippen molar-refractivity contribution >= 4 is 36.2 Å². The van der Waals surface area contributed by atoms with Gasteiger partial charge in [-0.1, -0.05) is 41.5 Å². The van der Waals surface area contributed by atoms with Crippen LogP contribution in [0.5, 0.6) is 5.75 Å². The van der Waals surface area contributed by atoms with Crippen molar-refractivity contribution in [1.29, 1.82) is 0 Å². The van der Waals surface area contributed by atoms with E-state index in [0.717, 1.165) is 22.6 Å². The number of nitrogens with one attached hydrogen (secondary N) is 1. The summed E-state index contributed by atoms with van der Waals surface area (Å²) in [6.45, 7) is 3.43. The molecule has 224 valence electrons. The highest BCUT2D eigenvalue weighted by Gasteiger charge is 2.58. The number of azide groups is 1. The number of aliphatic hydroxyl groups excluding tert-OH is 2. The van der Waals surface area contributed by atoms with Crippen molar-refractivity contribution in [2.45, 2.75) is 56.9 Å². The SMILES string of the molecule is CCOC(=O)C(C)(C)NP(=O)(OC[C@@]1(N=[N+]=[N-])O[C@@H](N2C=CC(=O)CC2=O)[C@H](O)[C@@H]1O)Oc1cccc2ccccc12. The van der Waals surface area contributed by atoms with Gasteiger partial charge in [-0.2, -0.15) is 5.09 Å². The molecule has 0 aromatic heterocycles. The highest BCUT2D eigenvalue weighted by Crippen LogP contribution is 2.50. The minimum Gasteiger partial charge on any atom is -0.465 e. The number of benzene rings is 2. The van der Waals surface area contributed by atoms with Crippen LogP contribution in [0.25, 0.3) is 21.2 Å². The highest BCUT2D eigenvalue weighted by atomic mass is 31.2. The predicted octanol–water partition coefficient (Wildman–Crippen LogP) is 2.67. The first-order valence-corrected chi connectivity index (χ1v) is 14.4. The molecule has 3 N–H and O–H groups in total. The maximum Gasteiger partial charge on any atom is 0.459 e. The number of allylic oxidation sites excluding steroid dienone is 1. The van der Waals surface area contributed by atoms with Gasteiger partial charge in [0.2, 0.25) is 11.6 Å². The number of hydrogen-bond acceptors (Lipinski definition) is 11. The quantitative estimate of drug-likeness (QED) is 0.0849. The monoisotopic (exact) mass is 603 g/mol. The third-order valence-electron chi connectivity index (χ3n) is 6.54. The van der Waals surface area contributed by atoms with Gasteiger partial charge in [-0.25, -0.2) is 4.57 Å². The summed E-state index contributed by atoms with van der Waals surface area (Å²) in [5, 5.41) is 29.0. The lowest BCUT2D eigenvalue weighted by atomic mass is 10.1. The minimum absolute atomic E-state index is 0.0356. The number of carbonyl (C=O) groups is 3. The predicted molar refractivity (Wildman–Crippen MR) is 146 cm³/mol. The van der Waals surface area contributed by atoms with E-state index in [9.17, 15) is 34.7 Å². The molecule has 0 spiro atoms. The second-order valence-electron chi connectivity index (χ2n) is 10.0. The van der Waals surface area contributed by atoms with Crippen LogP contribution in [0.4, 0.5) is 0 Å². The Balaban J connectivity index is 1.68. The molecule has 2 aromatic carbocycles. The lowest BCUT2D eigenvalue weighted by Gasteiger charge is -2.33. The summed E-state index contributed by atoms with van der Waals surface area (Å²) in [6.07, 6.45) is -3.76. The zero-order chi connectivity index (χ0) is 30.7. The van der Waals surface area contributed by atoms with E-state index < -0.39 is 68.1 Å². The van der Waals surface area contributed by atoms with Crippen LogP contribution >= 0.6 is 7.75 Å². The van der Waals surface area contributed by atoms with Crippen molar-refractivity contribution in [2.24, 2.45) is 5.11 Å². The van der Waals surface area contributed by atoms with Crippen molar-refractivity contribution in [1.82, 2.24) is 9.99 Å². The van der Waals surface area contributed by atoms with Gasteiger partial charge in [0.1, 0.15) is 23.5 Å². The van der Waals surface area contributed by atoms with Gasteiger partial charge in [0, 0.05) is 16.5 Å². The van der Waals surface area contributed by atoms with Crippen LogP contribution in [0.3, 0.4) is 0 Å². The molecular weight excluding hydrogens is 573 g/mol. The molecule has 1 saturated heterocycles. The van der Waals surface area contributed by atoms with Gasteiger partial charge in [-0.05, 0) is 43.8 Å². The summed E-state index contributed by atoms with van der Waals surface area (Å²) < 4.78 is 36.6. The van der Waals surface area contributed by atoms with E-state index in [0.29, 0.717) is 5.39 Å². The minimum atomic E-state index is -4.63. The number of rotatable bonds is 11. The van der Waals surface area contributed by atoms with Crippen LogP contribution < -0.4 is 9.61 Å². The second-order valence-corrected chi connectivity index (χ2v) is 11.7. The van der Waals surface area contributed by atoms with Crippen LogP contribution in [0, 0.1) is 0 Å². The smallest absolute Gasteiger partial charge is 0.459 e. The molecular formula is C26H30N5O10P. The average Bonchev–Trinajstić information content (AvgIpc) is 3.18. The van der Waals surface area contributed by atoms with E-state index in [1.165, 1.54) is 19.9 Å². The van der Waals surface area contributed by atoms with Crippen LogP contribution in [-0.2, 0) is 32.9 Å². The molecule has 2 aliphatic heterocycles. The lowest BCUT2D eigenvalue weighted by Crippen LogP contribution is -2.49. The first-order chi connectivity index (χ1) is 19.8. The topological polar surface area (TPSA) is 210 Å². The van der Waals surface area contributed by atoms with Crippen LogP contribution in [0.15, 0.2) is 59.9 Å². The maximum absolute atomic E-state index is 14.3. The Bertz CT molecular complexity index is 1500. The summed E-state index contributed by atoms with van der Waals surface area (Å²) in [5.74, 6) is -1.88. The van der Waals surface area contributed by atoms with Crippen molar-refractivity contribution < 1.29 is 47.7 Å². The highest BCUT2D eigenvalue weighted by molar-refractivity contribution is 7.52. The number of fused-ring (bicyclic) bond motifs is 1. The van der Waals surface area contributed by atoms with Crippen molar-refractivity contribution in [2.75, 3.05) is 13.2 Å². The normalized spacial score (nSPS) is 25.6. The number of amides is 1. The first-order valence-electron chi connectivity index (χ1n) is 12.9. The summed E-state index contributed by atoms with van der Waals surface area (Å²) in [5.41, 5.74) is 5.25. The molecule has 16 heteroatoms. The van der Waals surface area contributed by atoms with Crippen LogP contribution in [0.2, 0.25) is 0 Å². The summed E-state index contributed by atoms with van der Waals surface area (Å²) in [7, 11) is -4.63. The van der Waals surface area contributed by atoms with E-state index >= 15 is 0 Å². The molecule has 1 amide bonds. The first kappa shape index (κ1) is 31.1. The van der Waals surface area contributed by atoms with Gasteiger partial charge in [-0.3, -0.25) is 23.8 Å². The van der Waals surface area contributed by atoms with Gasteiger partial charge < -0.3 is 24.2 Å². The number of ketones is 1. The van der Waals surface area contributed by atoms with Crippen LogP contribution in [0.1, 0.15) is 27.2 Å². The summed E-state index contributed by atoms with van der Waals surface area (Å²) >= 11 is 0. The van der Waals surface area contributed by atoms with Gasteiger partial charge >= 0.3 is 13.7 Å². The number of nitrogens with zero attached hydrogens (tertiary/aromatic N) is 4. The Labute approximate surface area is 240 Å². The zero-order valence-electron chi connectivity index (χ0n) is 22.9. The molecule has 0 aliphatic carbocycles. The molecule has 4 rings (SSSR count). The number of hydrogen-bond donors (Lipinski definition) is 3. The molecule has 2 heterocycles.